The van der Waals surface area contributed by atoms with Gasteiger partial charge in [-0.2, -0.15) is 0 Å². The van der Waals surface area contributed by atoms with E-state index in [1.54, 1.807) is 19.1 Å². The lowest BCUT2D eigenvalue weighted by atomic mass is 9.92. The molecule has 2 rings (SSSR count). The van der Waals surface area contributed by atoms with Gasteiger partial charge in [-0.3, -0.25) is 0 Å². The van der Waals surface area contributed by atoms with Gasteiger partial charge in [-0.05, 0) is 38.8 Å². The fraction of sp³-hybridized carbons (Fsp3) is 0.538. The molecule has 0 unspecified atom stereocenters. The molecule has 0 saturated carbocycles. The highest BCUT2D eigenvalue weighted by molar-refractivity contribution is 5.89. The van der Waals surface area contributed by atoms with Crippen LogP contribution in [0, 0.1) is 6.92 Å². The molecule has 1 aliphatic heterocycles. The maximum atomic E-state index is 10.9. The van der Waals surface area contributed by atoms with Crippen molar-refractivity contribution in [2.24, 2.45) is 0 Å². The van der Waals surface area contributed by atoms with Crippen molar-refractivity contribution in [2.45, 2.75) is 32.2 Å². The number of anilines is 1. The first-order chi connectivity index (χ1) is 8.50. The molecule has 2 N–H and O–H groups in total. The number of hydrogen-bond acceptors (Lipinski definition) is 4. The lowest BCUT2D eigenvalue weighted by molar-refractivity contribution is 0.0657. The van der Waals surface area contributed by atoms with E-state index in [4.69, 9.17) is 9.84 Å². The fourth-order valence-corrected chi connectivity index (χ4v) is 2.11. The fourth-order valence-electron chi connectivity index (χ4n) is 2.11. The number of aryl methyl sites for hydroxylation is 1. The van der Waals surface area contributed by atoms with E-state index in [0.717, 1.165) is 31.9 Å². The molecule has 1 aliphatic rings. The van der Waals surface area contributed by atoms with Crippen molar-refractivity contribution in [1.29, 1.82) is 0 Å². The molecule has 1 aromatic rings. The Kier molecular flexibility index (Phi) is 3.52. The molecule has 1 saturated heterocycles. The van der Waals surface area contributed by atoms with Crippen LogP contribution in [0.25, 0.3) is 0 Å². The smallest absolute Gasteiger partial charge is 0.337 e. The monoisotopic (exact) mass is 250 g/mol. The van der Waals surface area contributed by atoms with Crippen LogP contribution in [0.15, 0.2) is 12.1 Å². The molecule has 2 heterocycles. The van der Waals surface area contributed by atoms with Crippen LogP contribution in [0.2, 0.25) is 0 Å². The predicted molar refractivity (Wildman–Crippen MR) is 68.0 cm³/mol. The molecular weight excluding hydrogens is 232 g/mol. The number of carbonyl (C=O) groups is 1. The molecule has 0 aromatic carbocycles. The van der Waals surface area contributed by atoms with Gasteiger partial charge in [-0.25, -0.2) is 9.78 Å². The first-order valence-corrected chi connectivity index (χ1v) is 6.07. The quantitative estimate of drug-likeness (QED) is 0.859. The van der Waals surface area contributed by atoms with Crippen LogP contribution in [0.4, 0.5) is 5.82 Å². The number of carboxylic acids is 1. The van der Waals surface area contributed by atoms with Gasteiger partial charge in [0, 0.05) is 18.8 Å². The molecule has 0 bridgehead atoms. The van der Waals surface area contributed by atoms with Crippen molar-refractivity contribution in [3.63, 3.8) is 0 Å². The third-order valence-electron chi connectivity index (χ3n) is 3.34. The van der Waals surface area contributed by atoms with Gasteiger partial charge < -0.3 is 15.2 Å². The summed E-state index contributed by atoms with van der Waals surface area (Å²) in [7, 11) is 0. The molecule has 98 valence electrons. The number of rotatable bonds is 3. The van der Waals surface area contributed by atoms with Gasteiger partial charge in [0.1, 0.15) is 5.82 Å². The van der Waals surface area contributed by atoms with Crippen molar-refractivity contribution in [2.75, 3.05) is 18.5 Å². The van der Waals surface area contributed by atoms with E-state index in [9.17, 15) is 4.79 Å². The first-order valence-electron chi connectivity index (χ1n) is 6.07. The van der Waals surface area contributed by atoms with Gasteiger partial charge in [0.15, 0.2) is 0 Å². The normalized spacial score (nSPS) is 18.3. The Hall–Kier alpha value is -1.62. The molecule has 0 amide bonds. The second-order valence-electron chi connectivity index (χ2n) is 4.93. The number of carboxylic acid groups (broad SMARTS) is 1. The maximum absolute atomic E-state index is 10.9. The van der Waals surface area contributed by atoms with Crippen LogP contribution in [-0.2, 0) is 4.74 Å². The van der Waals surface area contributed by atoms with Gasteiger partial charge in [0.25, 0.3) is 0 Å². The number of ether oxygens (including phenoxy) is 1. The van der Waals surface area contributed by atoms with Gasteiger partial charge >= 0.3 is 5.97 Å². The van der Waals surface area contributed by atoms with Gasteiger partial charge in [-0.15, -0.1) is 0 Å². The average molecular weight is 250 g/mol. The SMILES string of the molecule is Cc1nc(NC2(C)CCOCC2)ccc1C(=O)O. The zero-order valence-electron chi connectivity index (χ0n) is 10.7. The summed E-state index contributed by atoms with van der Waals surface area (Å²) in [5, 5.41) is 12.3. The molecule has 1 aromatic heterocycles. The molecule has 5 nitrogen and oxygen atoms in total. The number of aromatic carboxylic acids is 1. The van der Waals surface area contributed by atoms with E-state index < -0.39 is 5.97 Å². The number of nitrogens with zero attached hydrogens (tertiary/aromatic N) is 1. The predicted octanol–water partition coefficient (Wildman–Crippen LogP) is 2.07. The van der Waals surface area contributed by atoms with Crippen LogP contribution >= 0.6 is 0 Å². The standard InChI is InChI=1S/C13H18N2O3/c1-9-10(12(16)17)3-4-11(14-9)15-13(2)5-7-18-8-6-13/h3-4H,5-8H2,1-2H3,(H,14,15)(H,16,17). The number of aromatic nitrogens is 1. The largest absolute Gasteiger partial charge is 0.478 e. The Morgan fingerprint density at radius 2 is 2.11 bits per heavy atom. The summed E-state index contributed by atoms with van der Waals surface area (Å²) in [6.45, 7) is 5.34. The van der Waals surface area contributed by atoms with E-state index in [1.165, 1.54) is 0 Å². The highest BCUT2D eigenvalue weighted by Gasteiger charge is 2.27. The average Bonchev–Trinajstić information content (AvgIpc) is 2.28. The molecule has 0 radical (unpaired) electrons. The minimum atomic E-state index is -0.941. The van der Waals surface area contributed by atoms with Gasteiger partial charge in [-0.1, -0.05) is 0 Å². The molecular formula is C13H18N2O3. The Morgan fingerprint density at radius 3 is 2.67 bits per heavy atom. The minimum Gasteiger partial charge on any atom is -0.478 e. The molecule has 0 atom stereocenters. The van der Waals surface area contributed by atoms with Crippen LogP contribution in [0.1, 0.15) is 35.8 Å². The van der Waals surface area contributed by atoms with E-state index in [0.29, 0.717) is 5.69 Å². The second-order valence-corrected chi connectivity index (χ2v) is 4.93. The number of hydrogen-bond donors (Lipinski definition) is 2. The van der Waals surface area contributed by atoms with Crippen LogP contribution in [0.5, 0.6) is 0 Å². The highest BCUT2D eigenvalue weighted by atomic mass is 16.5. The van der Waals surface area contributed by atoms with E-state index in [2.05, 4.69) is 17.2 Å². The molecule has 1 fully saturated rings. The van der Waals surface area contributed by atoms with Crippen molar-refractivity contribution >= 4 is 11.8 Å². The van der Waals surface area contributed by atoms with Crippen molar-refractivity contribution < 1.29 is 14.6 Å². The zero-order chi connectivity index (χ0) is 13.2. The topological polar surface area (TPSA) is 71.5 Å². The Bertz CT molecular complexity index is 454. The summed E-state index contributed by atoms with van der Waals surface area (Å²) in [5.74, 6) is -0.217. The first kappa shape index (κ1) is 12.8. The van der Waals surface area contributed by atoms with Crippen molar-refractivity contribution in [3.8, 4) is 0 Å². The third kappa shape index (κ3) is 2.79. The third-order valence-corrected chi connectivity index (χ3v) is 3.34. The van der Waals surface area contributed by atoms with Gasteiger partial charge in [0.05, 0.1) is 11.3 Å². The molecule has 0 spiro atoms. The van der Waals surface area contributed by atoms with Crippen LogP contribution < -0.4 is 5.32 Å². The summed E-state index contributed by atoms with van der Waals surface area (Å²) in [6.07, 6.45) is 1.85. The van der Waals surface area contributed by atoms with Crippen LogP contribution in [-0.4, -0.2) is 34.8 Å². The lowest BCUT2D eigenvalue weighted by Gasteiger charge is -2.35. The van der Waals surface area contributed by atoms with E-state index in [1.807, 2.05) is 0 Å². The minimum absolute atomic E-state index is 0.0254. The summed E-state index contributed by atoms with van der Waals surface area (Å²) >= 11 is 0. The molecule has 18 heavy (non-hydrogen) atoms. The van der Waals surface area contributed by atoms with Crippen LogP contribution in [0.3, 0.4) is 0 Å². The Labute approximate surface area is 106 Å². The summed E-state index contributed by atoms with van der Waals surface area (Å²) < 4.78 is 5.34. The summed E-state index contributed by atoms with van der Waals surface area (Å²) in [6, 6.07) is 3.31. The summed E-state index contributed by atoms with van der Waals surface area (Å²) in [5.41, 5.74) is 0.753. The number of nitrogens with one attached hydrogen (secondary N) is 1. The van der Waals surface area contributed by atoms with E-state index >= 15 is 0 Å². The molecule has 5 heteroatoms. The summed E-state index contributed by atoms with van der Waals surface area (Å²) in [4.78, 5) is 15.2. The van der Waals surface area contributed by atoms with E-state index in [-0.39, 0.29) is 11.1 Å². The zero-order valence-corrected chi connectivity index (χ0v) is 10.7. The highest BCUT2D eigenvalue weighted by Crippen LogP contribution is 2.25. The Balaban J connectivity index is 2.14. The molecule has 0 aliphatic carbocycles. The number of pyridine rings is 1. The van der Waals surface area contributed by atoms with Gasteiger partial charge in [0.2, 0.25) is 0 Å². The maximum Gasteiger partial charge on any atom is 0.337 e. The second kappa shape index (κ2) is 4.94. The van der Waals surface area contributed by atoms with Crippen molar-refractivity contribution in [3.05, 3.63) is 23.4 Å². The Morgan fingerprint density at radius 1 is 1.44 bits per heavy atom. The van der Waals surface area contributed by atoms with Crippen molar-refractivity contribution in [1.82, 2.24) is 4.98 Å². The lowest BCUT2D eigenvalue weighted by Crippen LogP contribution is -2.40.